The Hall–Kier alpha value is -3.42. The first kappa shape index (κ1) is 23.7. The van der Waals surface area contributed by atoms with E-state index in [1.165, 1.54) is 0 Å². The fourth-order valence-electron chi connectivity index (χ4n) is 4.06. The number of hydrogen-bond donors (Lipinski definition) is 0. The first-order valence-corrected chi connectivity index (χ1v) is 11.9. The molecule has 2 saturated heterocycles. The van der Waals surface area contributed by atoms with Crippen molar-refractivity contribution < 1.29 is 28.5 Å². The van der Waals surface area contributed by atoms with E-state index in [0.29, 0.717) is 39.4 Å². The predicted octanol–water partition coefficient (Wildman–Crippen LogP) is 4.35. The SMILES string of the molecule is O=C1O[C@H](COc2ccccc2)CN1CCCCCCN1C[C@@H](COc2ccccc2)OC1=O. The maximum atomic E-state index is 12.1. The largest absolute Gasteiger partial charge is 0.490 e. The Kier molecular flexibility index (Phi) is 8.48. The topological polar surface area (TPSA) is 77.5 Å². The summed E-state index contributed by atoms with van der Waals surface area (Å²) in [6, 6.07) is 19.0. The van der Waals surface area contributed by atoms with Crippen molar-refractivity contribution in [3.05, 3.63) is 60.7 Å². The number of benzene rings is 2. The Morgan fingerprint density at radius 2 is 1.06 bits per heavy atom. The van der Waals surface area contributed by atoms with Crippen LogP contribution in [0.4, 0.5) is 9.59 Å². The summed E-state index contributed by atoms with van der Waals surface area (Å²) in [5, 5.41) is 0. The van der Waals surface area contributed by atoms with Crippen LogP contribution in [-0.4, -0.2) is 73.6 Å². The minimum atomic E-state index is -0.273. The van der Waals surface area contributed by atoms with Crippen LogP contribution in [0, 0.1) is 0 Å². The Morgan fingerprint density at radius 1 is 0.647 bits per heavy atom. The van der Waals surface area contributed by atoms with Gasteiger partial charge in [-0.15, -0.1) is 0 Å². The lowest BCUT2D eigenvalue weighted by Gasteiger charge is -2.14. The van der Waals surface area contributed by atoms with Gasteiger partial charge in [0.2, 0.25) is 0 Å². The molecule has 2 atom stereocenters. The third kappa shape index (κ3) is 7.04. The zero-order valence-corrected chi connectivity index (χ0v) is 19.3. The van der Waals surface area contributed by atoms with Crippen molar-refractivity contribution in [2.45, 2.75) is 37.9 Å². The molecule has 2 amide bonds. The summed E-state index contributed by atoms with van der Waals surface area (Å²) >= 11 is 0. The molecule has 0 aliphatic carbocycles. The van der Waals surface area contributed by atoms with Gasteiger partial charge in [-0.1, -0.05) is 49.2 Å². The molecule has 0 aromatic heterocycles. The first-order valence-electron chi connectivity index (χ1n) is 11.9. The van der Waals surface area contributed by atoms with Crippen LogP contribution in [-0.2, 0) is 9.47 Å². The van der Waals surface area contributed by atoms with E-state index in [4.69, 9.17) is 18.9 Å². The molecule has 0 bridgehead atoms. The lowest BCUT2D eigenvalue weighted by molar-refractivity contribution is 0.102. The van der Waals surface area contributed by atoms with E-state index in [1.54, 1.807) is 9.80 Å². The monoisotopic (exact) mass is 468 g/mol. The van der Waals surface area contributed by atoms with E-state index in [2.05, 4.69) is 0 Å². The van der Waals surface area contributed by atoms with Crippen LogP contribution < -0.4 is 9.47 Å². The van der Waals surface area contributed by atoms with Crippen molar-refractivity contribution in [3.8, 4) is 11.5 Å². The molecular weight excluding hydrogens is 436 g/mol. The van der Waals surface area contributed by atoms with Gasteiger partial charge in [-0.3, -0.25) is 0 Å². The molecule has 2 heterocycles. The number of nitrogens with zero attached hydrogens (tertiary/aromatic N) is 2. The van der Waals surface area contributed by atoms with Crippen molar-refractivity contribution in [1.29, 1.82) is 0 Å². The molecule has 4 rings (SSSR count). The molecule has 0 saturated carbocycles. The Morgan fingerprint density at radius 3 is 1.47 bits per heavy atom. The Labute approximate surface area is 200 Å². The molecule has 2 aromatic rings. The van der Waals surface area contributed by atoms with E-state index in [0.717, 1.165) is 37.2 Å². The minimum absolute atomic E-state index is 0.243. The smallest absolute Gasteiger partial charge is 0.410 e. The summed E-state index contributed by atoms with van der Waals surface area (Å²) in [4.78, 5) is 27.6. The van der Waals surface area contributed by atoms with E-state index < -0.39 is 0 Å². The molecule has 2 aliphatic heterocycles. The number of cyclic esters (lactones) is 2. The molecular formula is C26H32N2O6. The van der Waals surface area contributed by atoms with Gasteiger partial charge in [-0.2, -0.15) is 0 Å². The molecule has 0 unspecified atom stereocenters. The fraction of sp³-hybridized carbons (Fsp3) is 0.462. The number of unbranched alkanes of at least 4 members (excludes halogenated alkanes) is 3. The second kappa shape index (κ2) is 12.2. The highest BCUT2D eigenvalue weighted by Gasteiger charge is 2.32. The lowest BCUT2D eigenvalue weighted by Crippen LogP contribution is -2.28. The third-order valence-electron chi connectivity index (χ3n) is 5.86. The highest BCUT2D eigenvalue weighted by atomic mass is 16.6. The van der Waals surface area contributed by atoms with Crippen LogP contribution in [0.3, 0.4) is 0 Å². The lowest BCUT2D eigenvalue weighted by atomic mass is 10.2. The summed E-state index contributed by atoms with van der Waals surface area (Å²) in [6.45, 7) is 3.16. The highest BCUT2D eigenvalue weighted by Crippen LogP contribution is 2.17. The number of carbonyl (C=O) groups is 2. The van der Waals surface area contributed by atoms with Gasteiger partial charge in [0.25, 0.3) is 0 Å². The van der Waals surface area contributed by atoms with Crippen molar-refractivity contribution in [2.75, 3.05) is 39.4 Å². The van der Waals surface area contributed by atoms with Gasteiger partial charge in [0.05, 0.1) is 13.1 Å². The molecule has 2 aromatic carbocycles. The second-order valence-corrected chi connectivity index (χ2v) is 8.57. The molecule has 8 nitrogen and oxygen atoms in total. The zero-order chi connectivity index (χ0) is 23.6. The van der Waals surface area contributed by atoms with Crippen molar-refractivity contribution >= 4 is 12.2 Å². The van der Waals surface area contributed by atoms with Crippen LogP contribution in [0.25, 0.3) is 0 Å². The van der Waals surface area contributed by atoms with Crippen LogP contribution in [0.1, 0.15) is 25.7 Å². The minimum Gasteiger partial charge on any atom is -0.490 e. The van der Waals surface area contributed by atoms with Gasteiger partial charge < -0.3 is 28.7 Å². The number of rotatable bonds is 13. The summed E-state index contributed by atoms with van der Waals surface area (Å²) in [5.41, 5.74) is 0. The summed E-state index contributed by atoms with van der Waals surface area (Å²) in [5.74, 6) is 1.54. The first-order chi connectivity index (χ1) is 16.7. The van der Waals surface area contributed by atoms with Gasteiger partial charge >= 0.3 is 12.2 Å². The summed E-state index contributed by atoms with van der Waals surface area (Å²) in [7, 11) is 0. The number of hydrogen-bond acceptors (Lipinski definition) is 6. The van der Waals surface area contributed by atoms with E-state index in [1.807, 2.05) is 60.7 Å². The number of amides is 2. The molecule has 182 valence electrons. The molecule has 0 N–H and O–H groups in total. The highest BCUT2D eigenvalue weighted by molar-refractivity contribution is 5.70. The van der Waals surface area contributed by atoms with Crippen molar-refractivity contribution in [3.63, 3.8) is 0 Å². The standard InChI is InChI=1S/C26H32N2O6/c29-25-27(17-23(33-25)19-31-21-11-5-3-6-12-21)15-9-1-2-10-16-28-18-24(34-26(28)30)20-32-22-13-7-4-8-14-22/h3-8,11-14,23-24H,1-2,9-10,15-20H2/t23-,24-/m0/s1. The van der Waals surface area contributed by atoms with Crippen molar-refractivity contribution in [2.24, 2.45) is 0 Å². The van der Waals surface area contributed by atoms with Gasteiger partial charge in [-0.05, 0) is 37.1 Å². The van der Waals surface area contributed by atoms with Gasteiger partial charge in [0.15, 0.2) is 12.2 Å². The van der Waals surface area contributed by atoms with Crippen LogP contribution in [0.5, 0.6) is 11.5 Å². The summed E-state index contributed by atoms with van der Waals surface area (Å²) in [6.07, 6.45) is 2.74. The average molecular weight is 469 g/mol. The number of carbonyl (C=O) groups excluding carboxylic acids is 2. The van der Waals surface area contributed by atoms with Crippen LogP contribution in [0.2, 0.25) is 0 Å². The Balaban J connectivity index is 1.05. The second-order valence-electron chi connectivity index (χ2n) is 8.57. The molecule has 34 heavy (non-hydrogen) atoms. The molecule has 0 spiro atoms. The van der Waals surface area contributed by atoms with Gasteiger partial charge in [0, 0.05) is 13.1 Å². The number of para-hydroxylation sites is 2. The van der Waals surface area contributed by atoms with E-state index in [9.17, 15) is 9.59 Å². The predicted molar refractivity (Wildman–Crippen MR) is 126 cm³/mol. The Bertz CT molecular complexity index is 835. The molecule has 0 radical (unpaired) electrons. The summed E-state index contributed by atoms with van der Waals surface area (Å²) < 4.78 is 22.2. The molecule has 2 fully saturated rings. The molecule has 2 aliphatic rings. The van der Waals surface area contributed by atoms with E-state index >= 15 is 0 Å². The van der Waals surface area contributed by atoms with Crippen LogP contribution in [0.15, 0.2) is 60.7 Å². The average Bonchev–Trinajstić information content (AvgIpc) is 3.41. The van der Waals surface area contributed by atoms with Crippen LogP contribution >= 0.6 is 0 Å². The van der Waals surface area contributed by atoms with Crippen molar-refractivity contribution in [1.82, 2.24) is 9.80 Å². The fourth-order valence-corrected chi connectivity index (χ4v) is 4.06. The van der Waals surface area contributed by atoms with Gasteiger partial charge in [0.1, 0.15) is 24.7 Å². The third-order valence-corrected chi connectivity index (χ3v) is 5.86. The van der Waals surface area contributed by atoms with E-state index in [-0.39, 0.29) is 24.4 Å². The molecule has 8 heteroatoms. The maximum Gasteiger partial charge on any atom is 0.410 e. The maximum absolute atomic E-state index is 12.1. The zero-order valence-electron chi connectivity index (χ0n) is 19.3. The number of ether oxygens (including phenoxy) is 4. The van der Waals surface area contributed by atoms with Gasteiger partial charge in [-0.25, -0.2) is 9.59 Å². The quantitative estimate of drug-likeness (QED) is 0.407. The normalized spacial score (nSPS) is 19.8.